The van der Waals surface area contributed by atoms with Gasteiger partial charge < -0.3 is 13.9 Å². The van der Waals surface area contributed by atoms with Gasteiger partial charge in [-0.3, -0.25) is 0 Å². The van der Waals surface area contributed by atoms with Crippen molar-refractivity contribution in [2.24, 2.45) is 13.0 Å². The Morgan fingerprint density at radius 3 is 2.83 bits per heavy atom. The van der Waals surface area contributed by atoms with Gasteiger partial charge in [0.15, 0.2) is 5.03 Å². The molecule has 3 heterocycles. The van der Waals surface area contributed by atoms with Crippen molar-refractivity contribution in [1.29, 1.82) is 0 Å². The molecule has 130 valence electrons. The van der Waals surface area contributed by atoms with E-state index >= 15 is 0 Å². The summed E-state index contributed by atoms with van der Waals surface area (Å²) in [7, 11) is -1.86. The monoisotopic (exact) mass is 351 g/mol. The average Bonchev–Trinajstić information content (AvgIpc) is 3.06. The summed E-state index contributed by atoms with van der Waals surface area (Å²) in [6.07, 6.45) is 8.97. The molecule has 2 aromatic rings. The van der Waals surface area contributed by atoms with Crippen LogP contribution in [0.15, 0.2) is 30.1 Å². The number of aromatic nitrogens is 4. The van der Waals surface area contributed by atoms with Crippen LogP contribution in [0.3, 0.4) is 0 Å². The van der Waals surface area contributed by atoms with Gasteiger partial charge in [-0.05, 0) is 18.8 Å². The lowest BCUT2D eigenvalue weighted by atomic mass is 10.2. The topological polar surface area (TPSA) is 82.3 Å². The van der Waals surface area contributed by atoms with Crippen molar-refractivity contribution in [3.8, 4) is 0 Å². The van der Waals surface area contributed by atoms with E-state index in [1.807, 2.05) is 4.57 Å². The van der Waals surface area contributed by atoms with Gasteiger partial charge in [0.05, 0.1) is 37.5 Å². The van der Waals surface area contributed by atoms with Crippen molar-refractivity contribution < 1.29 is 13.2 Å². The molecule has 1 aliphatic heterocycles. The Kier molecular flexibility index (Phi) is 3.93. The minimum Gasteiger partial charge on any atom is -0.379 e. The highest BCUT2D eigenvalue weighted by Crippen LogP contribution is 2.30. The normalized spacial score (nSPS) is 21.8. The molecule has 1 fully saturated rings. The third-order valence-corrected chi connectivity index (χ3v) is 6.24. The molecule has 24 heavy (non-hydrogen) atoms. The molecule has 0 radical (unpaired) electrons. The fraction of sp³-hybridized carbons (Fsp3) is 0.600. The predicted octanol–water partition coefficient (Wildman–Crippen LogP) is 0.789. The first kappa shape index (κ1) is 15.8. The van der Waals surface area contributed by atoms with Crippen LogP contribution in [0, 0.1) is 5.92 Å². The zero-order chi connectivity index (χ0) is 16.7. The largest absolute Gasteiger partial charge is 0.379 e. The van der Waals surface area contributed by atoms with E-state index in [-0.39, 0.29) is 11.1 Å². The van der Waals surface area contributed by atoms with E-state index < -0.39 is 10.0 Å². The van der Waals surface area contributed by atoms with E-state index in [9.17, 15) is 8.42 Å². The van der Waals surface area contributed by atoms with Crippen LogP contribution < -0.4 is 0 Å². The number of rotatable bonds is 6. The van der Waals surface area contributed by atoms with Gasteiger partial charge in [0.1, 0.15) is 0 Å². The number of imidazole rings is 2. The van der Waals surface area contributed by atoms with E-state index in [0.29, 0.717) is 25.6 Å². The van der Waals surface area contributed by atoms with Crippen molar-refractivity contribution in [3.63, 3.8) is 0 Å². The molecule has 1 aliphatic carbocycles. The molecule has 0 spiro atoms. The summed E-state index contributed by atoms with van der Waals surface area (Å²) in [6.45, 7) is 1.92. The smallest absolute Gasteiger partial charge is 0.262 e. The van der Waals surface area contributed by atoms with Crippen molar-refractivity contribution in [3.05, 3.63) is 30.7 Å². The third-order valence-electron chi connectivity index (χ3n) is 4.54. The van der Waals surface area contributed by atoms with Crippen molar-refractivity contribution >= 4 is 10.0 Å². The second-order valence-corrected chi connectivity index (χ2v) is 8.49. The first-order valence-corrected chi connectivity index (χ1v) is 9.54. The molecule has 2 aromatic heterocycles. The second-order valence-electron chi connectivity index (χ2n) is 6.60. The van der Waals surface area contributed by atoms with Crippen LogP contribution in [0.1, 0.15) is 24.6 Å². The van der Waals surface area contributed by atoms with Crippen LogP contribution in [-0.2, 0) is 28.4 Å². The Hall–Kier alpha value is -1.71. The highest BCUT2D eigenvalue weighted by Gasteiger charge is 2.35. The van der Waals surface area contributed by atoms with Gasteiger partial charge in [-0.15, -0.1) is 0 Å². The molecule has 9 heteroatoms. The summed E-state index contributed by atoms with van der Waals surface area (Å²) in [4.78, 5) is 8.17. The molecular weight excluding hydrogens is 330 g/mol. The zero-order valence-electron chi connectivity index (χ0n) is 13.6. The highest BCUT2D eigenvalue weighted by molar-refractivity contribution is 7.89. The Labute approximate surface area is 141 Å². The number of hydrogen-bond acceptors (Lipinski definition) is 5. The lowest BCUT2D eigenvalue weighted by Gasteiger charge is -2.33. The van der Waals surface area contributed by atoms with E-state index in [1.54, 1.807) is 24.1 Å². The summed E-state index contributed by atoms with van der Waals surface area (Å²) in [5.74, 6) is 0.684. The molecular formula is C15H21N5O3S. The number of hydrogen-bond donors (Lipinski definition) is 0. The maximum absolute atomic E-state index is 12.8. The molecule has 1 atom stereocenters. The first-order chi connectivity index (χ1) is 11.5. The summed E-state index contributed by atoms with van der Waals surface area (Å²) >= 11 is 0. The number of nitrogens with zero attached hydrogens (tertiary/aromatic N) is 5. The van der Waals surface area contributed by atoms with Crippen LogP contribution in [0.25, 0.3) is 0 Å². The lowest BCUT2D eigenvalue weighted by molar-refractivity contribution is 0.0793. The van der Waals surface area contributed by atoms with Gasteiger partial charge in [-0.25, -0.2) is 18.4 Å². The molecule has 0 N–H and O–H groups in total. The van der Waals surface area contributed by atoms with Gasteiger partial charge in [-0.2, -0.15) is 4.31 Å². The van der Waals surface area contributed by atoms with Crippen LogP contribution in [0.5, 0.6) is 0 Å². The SMILES string of the molecule is Cn1cnc(S(=O)(=O)N2Cc3cncn3[C@@H](COCC3CC3)C2)c1. The summed E-state index contributed by atoms with van der Waals surface area (Å²) in [5, 5.41) is 0.0793. The van der Waals surface area contributed by atoms with Gasteiger partial charge in [0.25, 0.3) is 10.0 Å². The summed E-state index contributed by atoms with van der Waals surface area (Å²) < 4.78 is 36.6. The van der Waals surface area contributed by atoms with E-state index in [1.165, 1.54) is 29.7 Å². The van der Waals surface area contributed by atoms with E-state index in [2.05, 4.69) is 9.97 Å². The lowest BCUT2D eigenvalue weighted by Crippen LogP contribution is -2.42. The van der Waals surface area contributed by atoms with Crippen LogP contribution in [0.2, 0.25) is 0 Å². The summed E-state index contributed by atoms with van der Waals surface area (Å²) in [5.41, 5.74) is 0.876. The standard InChI is InChI=1S/C15H21N5O3S/c1-18-7-15(17-11-18)24(21,22)19-5-13-4-16-10-20(13)14(6-19)9-23-8-12-2-3-12/h4,7,10-12,14H,2-3,5-6,8-9H2,1H3/t14-/m1/s1. The molecule has 0 aromatic carbocycles. The van der Waals surface area contributed by atoms with Crippen molar-refractivity contribution in [2.75, 3.05) is 19.8 Å². The fourth-order valence-corrected chi connectivity index (χ4v) is 4.39. The maximum Gasteiger partial charge on any atom is 0.262 e. The van der Waals surface area contributed by atoms with Crippen molar-refractivity contribution in [1.82, 2.24) is 23.4 Å². The fourth-order valence-electron chi connectivity index (χ4n) is 2.98. The number of aryl methyl sites for hydroxylation is 1. The van der Waals surface area contributed by atoms with Gasteiger partial charge >= 0.3 is 0 Å². The van der Waals surface area contributed by atoms with Crippen molar-refractivity contribution in [2.45, 2.75) is 30.5 Å². The molecule has 0 bridgehead atoms. The number of ether oxygens (including phenoxy) is 1. The number of sulfonamides is 1. The van der Waals surface area contributed by atoms with Gasteiger partial charge in [0.2, 0.25) is 0 Å². The zero-order valence-corrected chi connectivity index (χ0v) is 14.4. The van der Waals surface area contributed by atoms with Crippen LogP contribution >= 0.6 is 0 Å². The molecule has 1 saturated carbocycles. The van der Waals surface area contributed by atoms with Crippen LogP contribution in [0.4, 0.5) is 0 Å². The summed E-state index contributed by atoms with van der Waals surface area (Å²) in [6, 6.07) is -0.0616. The molecule has 0 saturated heterocycles. The van der Waals surface area contributed by atoms with E-state index in [4.69, 9.17) is 4.74 Å². The van der Waals surface area contributed by atoms with E-state index in [0.717, 1.165) is 12.3 Å². The number of fused-ring (bicyclic) bond motifs is 1. The maximum atomic E-state index is 12.8. The predicted molar refractivity (Wildman–Crippen MR) is 85.6 cm³/mol. The molecule has 0 unspecified atom stereocenters. The molecule has 2 aliphatic rings. The second kappa shape index (κ2) is 5.98. The van der Waals surface area contributed by atoms with Crippen LogP contribution in [-0.4, -0.2) is 51.6 Å². The third kappa shape index (κ3) is 2.99. The van der Waals surface area contributed by atoms with Gasteiger partial charge in [-0.1, -0.05) is 0 Å². The minimum atomic E-state index is -3.62. The molecule has 8 nitrogen and oxygen atoms in total. The first-order valence-electron chi connectivity index (χ1n) is 8.10. The average molecular weight is 351 g/mol. The Bertz CT molecular complexity index is 824. The Morgan fingerprint density at radius 1 is 1.29 bits per heavy atom. The Morgan fingerprint density at radius 2 is 2.12 bits per heavy atom. The quantitative estimate of drug-likeness (QED) is 0.768. The molecule has 0 amide bonds. The van der Waals surface area contributed by atoms with Gasteiger partial charge in [0, 0.05) is 32.6 Å². The molecule has 4 rings (SSSR count). The highest BCUT2D eigenvalue weighted by atomic mass is 32.2. The Balaban J connectivity index is 1.54. The minimum absolute atomic E-state index is 0.0616.